The van der Waals surface area contributed by atoms with Crippen LogP contribution in [0.3, 0.4) is 0 Å². The first-order valence-electron chi connectivity index (χ1n) is 22.9. The molecule has 14 heteroatoms. The fourth-order valence-corrected chi connectivity index (χ4v) is 12.7. The number of hydrogen-bond acceptors (Lipinski definition) is 12. The third-order valence-electron chi connectivity index (χ3n) is 15.6. The Labute approximate surface area is 378 Å². The van der Waals surface area contributed by atoms with Crippen molar-refractivity contribution in [3.05, 3.63) is 94.8 Å². The molecule has 342 valence electrons. The molecule has 0 amide bonds. The predicted molar refractivity (Wildman–Crippen MR) is 246 cm³/mol. The maximum Gasteiger partial charge on any atom is 0.339 e. The second kappa shape index (κ2) is 16.3. The molecule has 7 heterocycles. The number of nitrogens with zero attached hydrogens (tertiary/aromatic N) is 4. The van der Waals surface area contributed by atoms with Gasteiger partial charge in [-0.25, -0.2) is 9.59 Å². The van der Waals surface area contributed by atoms with E-state index in [1.54, 1.807) is 21.3 Å². The molecule has 3 N–H and O–H groups in total. The summed E-state index contributed by atoms with van der Waals surface area (Å²) in [6, 6.07) is 18.0. The molecule has 3 aromatic carbocycles. The van der Waals surface area contributed by atoms with Crippen LogP contribution in [0.1, 0.15) is 98.7 Å². The lowest BCUT2D eigenvalue weighted by atomic mass is 9.70. The van der Waals surface area contributed by atoms with Crippen molar-refractivity contribution in [1.82, 2.24) is 19.3 Å². The first-order chi connectivity index (χ1) is 31.5. The number of hydrogen-bond donors (Lipinski definition) is 3. The number of fused-ring (bicyclic) bond motifs is 11. The number of nitrogens with one attached hydrogen (secondary N) is 1. The van der Waals surface area contributed by atoms with Crippen LogP contribution in [0.4, 0.5) is 5.69 Å². The highest BCUT2D eigenvalue weighted by molar-refractivity contribution is 6.19. The molecular formula is C51H59N5O9. The molecular weight excluding hydrogens is 827 g/mol. The molecule has 5 aromatic rings. The van der Waals surface area contributed by atoms with Gasteiger partial charge in [-0.15, -0.1) is 0 Å². The van der Waals surface area contributed by atoms with E-state index in [9.17, 15) is 20.0 Å². The topological polar surface area (TPSA) is 149 Å². The molecule has 10 rings (SSSR count). The van der Waals surface area contributed by atoms with Crippen molar-refractivity contribution in [2.75, 3.05) is 54.0 Å². The molecule has 14 nitrogen and oxygen atoms in total. The van der Waals surface area contributed by atoms with Gasteiger partial charge in [0, 0.05) is 64.0 Å². The fraction of sp³-hybridized carbons (Fsp3) is 0.451. The summed E-state index contributed by atoms with van der Waals surface area (Å²) in [6.45, 7) is 5.23. The number of methoxy groups -OCH3 is 5. The summed E-state index contributed by atoms with van der Waals surface area (Å²) < 4.78 is 33.6. The Morgan fingerprint density at radius 2 is 1.26 bits per heavy atom. The smallest absolute Gasteiger partial charge is 0.339 e. The van der Waals surface area contributed by atoms with E-state index >= 15 is 0 Å². The number of anilines is 1. The third-order valence-corrected chi connectivity index (χ3v) is 15.6. The molecule has 65 heavy (non-hydrogen) atoms. The van der Waals surface area contributed by atoms with Gasteiger partial charge in [0.05, 0.1) is 69.1 Å². The number of benzene rings is 3. The van der Waals surface area contributed by atoms with Crippen LogP contribution >= 0.6 is 0 Å². The average molecular weight is 886 g/mol. The molecule has 2 saturated heterocycles. The van der Waals surface area contributed by atoms with Gasteiger partial charge in [0.15, 0.2) is 11.5 Å². The summed E-state index contributed by atoms with van der Waals surface area (Å²) in [4.78, 5) is 28.5. The van der Waals surface area contributed by atoms with Gasteiger partial charge in [-0.2, -0.15) is 10.1 Å². The lowest BCUT2D eigenvalue weighted by Gasteiger charge is -2.50. The standard InChI is InChI=1S/C51H59N5O9/c1-8-50-20-14-22-53(59)48(50)55-38-18-12-10-16-29(38)31(42(55)34(27-50)46(57)64-6)25-36-32(24-33-37(52-36)26-40(61-3)45(63-5)44(33)62-4)41-30-17-11-13-19-39(30)56-43(41)35(47(58)65-7)28-51(9-2)21-15-23-54(60)49(51)56/h10-13,16-19,26-28,32,36,48-49,52,59-60H,8-9,14-15,20-25H2,1-7H3/t32-,36+,48+,49+,50-,51-/m0/s1. The van der Waals surface area contributed by atoms with Crippen molar-refractivity contribution >= 4 is 50.6 Å². The van der Waals surface area contributed by atoms with E-state index in [-0.39, 0.29) is 12.0 Å². The first kappa shape index (κ1) is 43.1. The number of piperidine rings is 2. The van der Waals surface area contributed by atoms with Gasteiger partial charge < -0.3 is 48.5 Å². The predicted octanol–water partition coefficient (Wildman–Crippen LogP) is 8.88. The Hall–Kier alpha value is -5.80. The highest BCUT2D eigenvalue weighted by Gasteiger charge is 2.52. The van der Waals surface area contributed by atoms with Crippen molar-refractivity contribution in [3.63, 3.8) is 0 Å². The molecule has 0 unspecified atom stereocenters. The molecule has 0 spiro atoms. The molecule has 6 atom stereocenters. The number of ether oxygens (including phenoxy) is 5. The van der Waals surface area contributed by atoms with Crippen LogP contribution < -0.4 is 19.5 Å². The van der Waals surface area contributed by atoms with Crippen molar-refractivity contribution in [2.45, 2.75) is 89.5 Å². The summed E-state index contributed by atoms with van der Waals surface area (Å²) in [5.41, 5.74) is 6.67. The monoisotopic (exact) mass is 885 g/mol. The van der Waals surface area contributed by atoms with Crippen LogP contribution in [0.5, 0.6) is 17.2 Å². The summed E-state index contributed by atoms with van der Waals surface area (Å²) in [6.07, 6.45) is 8.65. The molecule has 0 bridgehead atoms. The van der Waals surface area contributed by atoms with E-state index in [0.29, 0.717) is 78.6 Å². The van der Waals surface area contributed by atoms with E-state index in [0.717, 1.165) is 69.9 Å². The molecule has 2 aromatic heterocycles. The zero-order valence-electron chi connectivity index (χ0n) is 38.3. The SMILES string of the molecule is CC[C@]12C=C(C(=O)OC)c3c(C[C@H]4Nc5cc(OC)c(OC)c(OC)c5C[C@@H]4c4c5n(c6ccccc46)[C@H]4N(O)CCC[C@@]4(CC)C=C5C(=O)OC)c4ccccc4n3[C@H]1N(O)CCC2. The second-order valence-corrected chi connectivity index (χ2v) is 18.4. The van der Waals surface area contributed by atoms with Gasteiger partial charge in [-0.3, -0.25) is 0 Å². The Morgan fingerprint density at radius 3 is 1.82 bits per heavy atom. The van der Waals surface area contributed by atoms with Crippen molar-refractivity contribution in [1.29, 1.82) is 0 Å². The van der Waals surface area contributed by atoms with Crippen LogP contribution in [-0.2, 0) is 31.9 Å². The van der Waals surface area contributed by atoms with Crippen molar-refractivity contribution in [2.24, 2.45) is 10.8 Å². The molecule has 0 radical (unpaired) electrons. The van der Waals surface area contributed by atoms with Gasteiger partial charge in [-0.1, -0.05) is 62.4 Å². The number of rotatable bonds is 10. The Kier molecular flexibility index (Phi) is 10.8. The number of para-hydroxylation sites is 2. The number of carbonyl (C=O) groups excluding carboxylic acids is 2. The van der Waals surface area contributed by atoms with E-state index < -0.39 is 35.1 Å². The van der Waals surface area contributed by atoms with Gasteiger partial charge in [0.25, 0.3) is 0 Å². The number of hydroxylamine groups is 4. The average Bonchev–Trinajstić information content (AvgIpc) is 3.84. The first-order valence-corrected chi connectivity index (χ1v) is 22.9. The highest BCUT2D eigenvalue weighted by Crippen LogP contribution is 2.58. The van der Waals surface area contributed by atoms with Crippen LogP contribution in [0.25, 0.3) is 33.0 Å². The van der Waals surface area contributed by atoms with Gasteiger partial charge in [0.1, 0.15) is 12.3 Å². The lowest BCUT2D eigenvalue weighted by Crippen LogP contribution is -2.49. The second-order valence-electron chi connectivity index (χ2n) is 18.4. The van der Waals surface area contributed by atoms with Gasteiger partial charge in [-0.05, 0) is 74.6 Å². The minimum atomic E-state index is -0.541. The zero-order valence-corrected chi connectivity index (χ0v) is 38.3. The number of aromatic nitrogens is 2. The zero-order chi connectivity index (χ0) is 45.5. The Bertz CT molecular complexity index is 2810. The maximum atomic E-state index is 14.4. The van der Waals surface area contributed by atoms with Gasteiger partial charge >= 0.3 is 11.9 Å². The normalized spacial score (nSPS) is 26.1. The minimum Gasteiger partial charge on any atom is -0.493 e. The highest BCUT2D eigenvalue weighted by atomic mass is 16.5. The van der Waals surface area contributed by atoms with Crippen molar-refractivity contribution in [3.8, 4) is 17.2 Å². The summed E-state index contributed by atoms with van der Waals surface area (Å²) in [5.74, 6) is 0.288. The van der Waals surface area contributed by atoms with Crippen molar-refractivity contribution < 1.29 is 43.7 Å². The Morgan fingerprint density at radius 1 is 0.723 bits per heavy atom. The largest absolute Gasteiger partial charge is 0.493 e. The van der Waals surface area contributed by atoms with Gasteiger partial charge in [0.2, 0.25) is 5.75 Å². The minimum absolute atomic E-state index is 0.351. The maximum absolute atomic E-state index is 14.4. The Balaban J connectivity index is 1.26. The molecule has 5 aliphatic heterocycles. The van der Waals surface area contributed by atoms with Crippen LogP contribution in [0, 0.1) is 10.8 Å². The van der Waals surface area contributed by atoms with E-state index in [4.69, 9.17) is 23.7 Å². The van der Waals surface area contributed by atoms with Crippen LogP contribution in [-0.4, -0.2) is 96.3 Å². The number of carbonyl (C=O) groups is 2. The number of esters is 2. The molecule has 2 fully saturated rings. The fourth-order valence-electron chi connectivity index (χ4n) is 12.7. The third kappa shape index (κ3) is 6.20. The summed E-state index contributed by atoms with van der Waals surface area (Å²) in [7, 11) is 7.67. The van der Waals surface area contributed by atoms with Crippen LogP contribution in [0.15, 0.2) is 66.7 Å². The van der Waals surface area contributed by atoms with E-state index in [1.165, 1.54) is 24.3 Å². The summed E-state index contributed by atoms with van der Waals surface area (Å²) in [5, 5.41) is 32.6. The van der Waals surface area contributed by atoms with E-state index in [1.807, 2.05) is 30.3 Å². The lowest BCUT2D eigenvalue weighted by molar-refractivity contribution is -0.203. The molecule has 0 saturated carbocycles. The molecule has 0 aliphatic carbocycles. The molecule has 5 aliphatic rings. The van der Waals surface area contributed by atoms with Crippen LogP contribution in [0.2, 0.25) is 0 Å². The quantitative estimate of drug-likeness (QED) is 0.115. The summed E-state index contributed by atoms with van der Waals surface area (Å²) >= 11 is 0. The van der Waals surface area contributed by atoms with E-state index in [2.05, 4.69) is 64.7 Å².